The molecule has 0 heterocycles. The highest BCUT2D eigenvalue weighted by Gasteiger charge is 2.32. The Labute approximate surface area is 97.3 Å². The first-order valence-corrected chi connectivity index (χ1v) is 5.94. The number of benzene rings is 1. The second-order valence-corrected chi connectivity index (χ2v) is 4.84. The standard InChI is InChI=1S/C14H18N2/c1-10-7-14(10)9-16-11(2)13-5-3-12(8-15)4-6-13/h3-6,10-11,14,16H,7,9H2,1-2H3. The van der Waals surface area contributed by atoms with E-state index in [0.29, 0.717) is 6.04 Å². The maximum Gasteiger partial charge on any atom is 0.0991 e. The van der Waals surface area contributed by atoms with Gasteiger partial charge in [-0.1, -0.05) is 19.1 Å². The van der Waals surface area contributed by atoms with Crippen molar-refractivity contribution in [1.82, 2.24) is 5.32 Å². The minimum atomic E-state index is 0.376. The molecule has 1 aromatic rings. The van der Waals surface area contributed by atoms with Crippen LogP contribution < -0.4 is 5.32 Å². The zero-order valence-corrected chi connectivity index (χ0v) is 9.90. The molecule has 1 saturated carbocycles. The Morgan fingerprint density at radius 3 is 2.56 bits per heavy atom. The van der Waals surface area contributed by atoms with Gasteiger partial charge >= 0.3 is 0 Å². The summed E-state index contributed by atoms with van der Waals surface area (Å²) in [6.45, 7) is 5.59. The van der Waals surface area contributed by atoms with E-state index in [0.717, 1.165) is 23.9 Å². The van der Waals surface area contributed by atoms with Crippen LogP contribution in [0, 0.1) is 23.2 Å². The molecular formula is C14H18N2. The van der Waals surface area contributed by atoms with E-state index in [1.165, 1.54) is 12.0 Å². The van der Waals surface area contributed by atoms with Crippen molar-refractivity contribution in [2.24, 2.45) is 11.8 Å². The Bertz CT molecular complexity index is 388. The van der Waals surface area contributed by atoms with E-state index in [-0.39, 0.29) is 0 Å². The summed E-state index contributed by atoms with van der Waals surface area (Å²) in [5.74, 6) is 1.78. The lowest BCUT2D eigenvalue weighted by molar-refractivity contribution is 0.535. The zero-order chi connectivity index (χ0) is 11.5. The van der Waals surface area contributed by atoms with Crippen LogP contribution in [-0.4, -0.2) is 6.54 Å². The molecule has 3 unspecified atom stereocenters. The molecule has 0 aromatic heterocycles. The van der Waals surface area contributed by atoms with E-state index < -0.39 is 0 Å². The van der Waals surface area contributed by atoms with Crippen molar-refractivity contribution >= 4 is 0 Å². The van der Waals surface area contributed by atoms with Crippen LogP contribution >= 0.6 is 0 Å². The fourth-order valence-electron chi connectivity index (χ4n) is 1.98. The quantitative estimate of drug-likeness (QED) is 0.836. The maximum atomic E-state index is 8.72. The maximum absolute atomic E-state index is 8.72. The predicted octanol–water partition coefficient (Wildman–Crippen LogP) is 2.86. The van der Waals surface area contributed by atoms with Gasteiger partial charge in [0.2, 0.25) is 0 Å². The van der Waals surface area contributed by atoms with Gasteiger partial charge in [-0.3, -0.25) is 0 Å². The van der Waals surface area contributed by atoms with Gasteiger partial charge in [0.1, 0.15) is 0 Å². The molecule has 1 aromatic carbocycles. The topological polar surface area (TPSA) is 35.8 Å². The van der Waals surface area contributed by atoms with Crippen LogP contribution in [0.3, 0.4) is 0 Å². The second-order valence-electron chi connectivity index (χ2n) is 4.84. The molecule has 1 fully saturated rings. The Kier molecular flexibility index (Phi) is 3.26. The van der Waals surface area contributed by atoms with Gasteiger partial charge in [-0.2, -0.15) is 5.26 Å². The van der Waals surface area contributed by atoms with Gasteiger partial charge in [0.05, 0.1) is 11.6 Å². The SMILES string of the molecule is CC(NCC1CC1C)c1ccc(C#N)cc1. The van der Waals surface area contributed by atoms with Gasteiger partial charge in [0, 0.05) is 6.04 Å². The van der Waals surface area contributed by atoms with Gasteiger partial charge in [-0.05, 0) is 49.4 Å². The lowest BCUT2D eigenvalue weighted by Gasteiger charge is -2.14. The van der Waals surface area contributed by atoms with Crippen LogP contribution in [0.2, 0.25) is 0 Å². The van der Waals surface area contributed by atoms with E-state index in [1.807, 2.05) is 24.3 Å². The number of hydrogen-bond donors (Lipinski definition) is 1. The van der Waals surface area contributed by atoms with Crippen LogP contribution in [0.25, 0.3) is 0 Å². The molecule has 0 saturated heterocycles. The lowest BCUT2D eigenvalue weighted by atomic mass is 10.1. The van der Waals surface area contributed by atoms with Gasteiger partial charge in [0.25, 0.3) is 0 Å². The van der Waals surface area contributed by atoms with Crippen molar-refractivity contribution in [2.45, 2.75) is 26.3 Å². The summed E-state index contributed by atoms with van der Waals surface area (Å²) in [6.07, 6.45) is 1.37. The van der Waals surface area contributed by atoms with E-state index in [2.05, 4.69) is 25.2 Å². The van der Waals surface area contributed by atoms with E-state index in [4.69, 9.17) is 5.26 Å². The summed E-state index contributed by atoms with van der Waals surface area (Å²) in [5, 5.41) is 12.3. The highest BCUT2D eigenvalue weighted by atomic mass is 14.9. The van der Waals surface area contributed by atoms with Crippen molar-refractivity contribution < 1.29 is 0 Å². The first-order chi connectivity index (χ1) is 7.70. The van der Waals surface area contributed by atoms with Crippen molar-refractivity contribution in [3.8, 4) is 6.07 Å². The average Bonchev–Trinajstić information content (AvgIpc) is 3.02. The highest BCUT2D eigenvalue weighted by Crippen LogP contribution is 2.37. The summed E-state index contributed by atoms with van der Waals surface area (Å²) in [7, 11) is 0. The Balaban J connectivity index is 1.87. The Morgan fingerprint density at radius 2 is 2.06 bits per heavy atom. The summed E-state index contributed by atoms with van der Waals surface area (Å²) in [4.78, 5) is 0. The van der Waals surface area contributed by atoms with Crippen LogP contribution in [0.5, 0.6) is 0 Å². The van der Waals surface area contributed by atoms with E-state index >= 15 is 0 Å². The molecule has 0 spiro atoms. The molecule has 0 radical (unpaired) electrons. The summed E-state index contributed by atoms with van der Waals surface area (Å²) < 4.78 is 0. The molecule has 84 valence electrons. The molecule has 2 rings (SSSR count). The number of nitrogens with zero attached hydrogens (tertiary/aromatic N) is 1. The predicted molar refractivity (Wildman–Crippen MR) is 64.8 cm³/mol. The summed E-state index contributed by atoms with van der Waals surface area (Å²) >= 11 is 0. The molecule has 1 aliphatic rings. The fourth-order valence-corrected chi connectivity index (χ4v) is 1.98. The normalized spacial score (nSPS) is 24.8. The summed E-state index contributed by atoms with van der Waals surface area (Å²) in [5.41, 5.74) is 1.99. The van der Waals surface area contributed by atoms with Crippen molar-refractivity contribution in [2.75, 3.05) is 6.54 Å². The monoisotopic (exact) mass is 214 g/mol. The molecule has 2 nitrogen and oxygen atoms in total. The van der Waals surface area contributed by atoms with E-state index in [9.17, 15) is 0 Å². The number of nitriles is 1. The molecule has 0 bridgehead atoms. The smallest absolute Gasteiger partial charge is 0.0991 e. The summed E-state index contributed by atoms with van der Waals surface area (Å²) in [6, 6.07) is 10.3. The first-order valence-electron chi connectivity index (χ1n) is 5.94. The minimum Gasteiger partial charge on any atom is -0.310 e. The Hall–Kier alpha value is -1.33. The fraction of sp³-hybridized carbons (Fsp3) is 0.500. The number of rotatable bonds is 4. The van der Waals surface area contributed by atoms with Gasteiger partial charge in [-0.15, -0.1) is 0 Å². The third-order valence-corrected chi connectivity index (χ3v) is 3.50. The highest BCUT2D eigenvalue weighted by molar-refractivity contribution is 5.32. The van der Waals surface area contributed by atoms with Gasteiger partial charge in [-0.25, -0.2) is 0 Å². The number of hydrogen-bond acceptors (Lipinski definition) is 2. The van der Waals surface area contributed by atoms with E-state index in [1.54, 1.807) is 0 Å². The molecule has 0 aliphatic heterocycles. The average molecular weight is 214 g/mol. The third kappa shape index (κ3) is 2.62. The Morgan fingerprint density at radius 1 is 1.44 bits per heavy atom. The molecule has 1 aliphatic carbocycles. The molecular weight excluding hydrogens is 196 g/mol. The first kappa shape index (κ1) is 11.2. The lowest BCUT2D eigenvalue weighted by Crippen LogP contribution is -2.21. The van der Waals surface area contributed by atoms with Crippen LogP contribution in [0.4, 0.5) is 0 Å². The molecule has 1 N–H and O–H groups in total. The largest absolute Gasteiger partial charge is 0.310 e. The molecule has 3 atom stereocenters. The van der Waals surface area contributed by atoms with Gasteiger partial charge in [0.15, 0.2) is 0 Å². The molecule has 0 amide bonds. The zero-order valence-electron chi connectivity index (χ0n) is 9.90. The van der Waals surface area contributed by atoms with Crippen LogP contribution in [0.1, 0.15) is 37.4 Å². The molecule has 16 heavy (non-hydrogen) atoms. The number of nitrogens with one attached hydrogen (secondary N) is 1. The third-order valence-electron chi connectivity index (χ3n) is 3.50. The molecule has 2 heteroatoms. The second kappa shape index (κ2) is 4.67. The van der Waals surface area contributed by atoms with Crippen LogP contribution in [0.15, 0.2) is 24.3 Å². The minimum absolute atomic E-state index is 0.376. The van der Waals surface area contributed by atoms with Crippen LogP contribution in [-0.2, 0) is 0 Å². The van der Waals surface area contributed by atoms with Crippen molar-refractivity contribution in [1.29, 1.82) is 5.26 Å². The van der Waals surface area contributed by atoms with Gasteiger partial charge < -0.3 is 5.32 Å². The van der Waals surface area contributed by atoms with Crippen molar-refractivity contribution in [3.63, 3.8) is 0 Å². The van der Waals surface area contributed by atoms with Crippen molar-refractivity contribution in [3.05, 3.63) is 35.4 Å².